The third kappa shape index (κ3) is 2.89. The van der Waals surface area contributed by atoms with Crippen molar-refractivity contribution in [2.24, 2.45) is 11.3 Å². The number of hydrogen-bond acceptors (Lipinski definition) is 7. The lowest BCUT2D eigenvalue weighted by Crippen LogP contribution is -2.45. The van der Waals surface area contributed by atoms with E-state index in [9.17, 15) is 24.8 Å². The first-order valence-corrected chi connectivity index (χ1v) is 8.68. The number of carbonyl (C=O) groups excluding carboxylic acids is 1. The number of nitro benzene ring substituents is 1. The molecule has 11 heteroatoms. The highest BCUT2D eigenvalue weighted by Crippen LogP contribution is 2.42. The highest BCUT2D eigenvalue weighted by atomic mass is 16.6. The Morgan fingerprint density at radius 1 is 1.39 bits per heavy atom. The monoisotopic (exact) mass is 387 g/mol. The van der Waals surface area contributed by atoms with Gasteiger partial charge >= 0.3 is 5.97 Å². The fourth-order valence-corrected chi connectivity index (χ4v) is 3.85. The Morgan fingerprint density at radius 2 is 2.21 bits per heavy atom. The number of non-ortho nitro benzene ring substituents is 1. The number of hydrogen-bond donors (Lipinski definition) is 1. The van der Waals surface area contributed by atoms with E-state index in [-0.39, 0.29) is 30.4 Å². The molecule has 2 saturated heterocycles. The number of aromatic nitrogens is 3. The molecule has 2 atom stereocenters. The number of ether oxygens (including phenoxy) is 1. The standard InChI is InChI=1S/C17H17N5O6/c23-15(20-7-11-9-28-5-4-17(11,10-20)16(24)25)14-8-21(19-18-14)12-2-1-3-13(6-12)22(26)27/h1-3,6,8,11H,4-5,7,9-10H2,(H,24,25)/t11-,17+/m0/s1. The van der Waals surface area contributed by atoms with Gasteiger partial charge in [-0.05, 0) is 12.5 Å². The lowest BCUT2D eigenvalue weighted by molar-refractivity contribution is -0.384. The molecule has 2 aliphatic rings. The first-order valence-electron chi connectivity index (χ1n) is 8.68. The van der Waals surface area contributed by atoms with Gasteiger partial charge in [0, 0.05) is 37.7 Å². The molecule has 1 aromatic heterocycles. The smallest absolute Gasteiger partial charge is 0.311 e. The summed E-state index contributed by atoms with van der Waals surface area (Å²) in [7, 11) is 0. The van der Waals surface area contributed by atoms with E-state index >= 15 is 0 Å². The van der Waals surface area contributed by atoms with Gasteiger partial charge in [-0.2, -0.15) is 0 Å². The second-order valence-corrected chi connectivity index (χ2v) is 6.99. The minimum Gasteiger partial charge on any atom is -0.481 e. The quantitative estimate of drug-likeness (QED) is 0.598. The largest absolute Gasteiger partial charge is 0.481 e. The van der Waals surface area contributed by atoms with Gasteiger partial charge < -0.3 is 14.7 Å². The Hall–Kier alpha value is -3.34. The molecular formula is C17H17N5O6. The molecule has 0 radical (unpaired) electrons. The van der Waals surface area contributed by atoms with E-state index in [1.807, 2.05) is 0 Å². The van der Waals surface area contributed by atoms with Crippen LogP contribution in [0.15, 0.2) is 30.5 Å². The molecule has 0 bridgehead atoms. The summed E-state index contributed by atoms with van der Waals surface area (Å²) < 4.78 is 6.67. The molecule has 28 heavy (non-hydrogen) atoms. The van der Waals surface area contributed by atoms with Gasteiger partial charge in [0.1, 0.15) is 0 Å². The van der Waals surface area contributed by atoms with Crippen molar-refractivity contribution in [3.63, 3.8) is 0 Å². The van der Waals surface area contributed by atoms with Crippen molar-refractivity contribution < 1.29 is 24.4 Å². The Labute approximate surface area is 158 Å². The summed E-state index contributed by atoms with van der Waals surface area (Å²) in [5.41, 5.74) is -0.657. The number of carbonyl (C=O) groups is 2. The number of rotatable bonds is 4. The van der Waals surface area contributed by atoms with Crippen LogP contribution in [0.25, 0.3) is 5.69 Å². The number of likely N-dealkylation sites (tertiary alicyclic amines) is 1. The number of nitrogens with zero attached hydrogens (tertiary/aromatic N) is 5. The summed E-state index contributed by atoms with van der Waals surface area (Å²) in [5.74, 6) is -1.61. The normalized spacial score (nSPS) is 24.0. The van der Waals surface area contributed by atoms with Crippen LogP contribution in [0.3, 0.4) is 0 Å². The summed E-state index contributed by atoms with van der Waals surface area (Å²) in [4.78, 5) is 36.6. The number of carboxylic acids is 1. The first kappa shape index (κ1) is 18.0. The average molecular weight is 387 g/mol. The van der Waals surface area contributed by atoms with E-state index in [0.717, 1.165) is 0 Å². The summed E-state index contributed by atoms with van der Waals surface area (Å²) in [6, 6.07) is 5.80. The average Bonchev–Trinajstić information content (AvgIpc) is 3.33. The molecule has 4 rings (SSSR count). The maximum atomic E-state index is 12.8. The maximum Gasteiger partial charge on any atom is 0.311 e. The van der Waals surface area contributed by atoms with E-state index < -0.39 is 22.2 Å². The van der Waals surface area contributed by atoms with Crippen LogP contribution in [0.5, 0.6) is 0 Å². The van der Waals surface area contributed by atoms with Gasteiger partial charge in [-0.3, -0.25) is 19.7 Å². The molecule has 2 fully saturated rings. The van der Waals surface area contributed by atoms with Crippen LogP contribution in [-0.2, 0) is 9.53 Å². The number of nitro groups is 1. The summed E-state index contributed by atoms with van der Waals surface area (Å²) in [6.07, 6.45) is 1.74. The third-order valence-electron chi connectivity index (χ3n) is 5.44. The van der Waals surface area contributed by atoms with Crippen molar-refractivity contribution in [3.8, 4) is 5.69 Å². The molecule has 1 amide bonds. The second-order valence-electron chi connectivity index (χ2n) is 6.99. The van der Waals surface area contributed by atoms with E-state index in [1.165, 1.54) is 34.0 Å². The highest BCUT2D eigenvalue weighted by Gasteiger charge is 2.55. The molecule has 11 nitrogen and oxygen atoms in total. The molecule has 3 heterocycles. The zero-order chi connectivity index (χ0) is 19.9. The van der Waals surface area contributed by atoms with Crippen LogP contribution >= 0.6 is 0 Å². The fourth-order valence-electron chi connectivity index (χ4n) is 3.85. The van der Waals surface area contributed by atoms with Crippen molar-refractivity contribution in [1.29, 1.82) is 0 Å². The van der Waals surface area contributed by atoms with Crippen LogP contribution in [-0.4, -0.2) is 68.1 Å². The summed E-state index contributed by atoms with van der Waals surface area (Å²) >= 11 is 0. The molecule has 2 aromatic rings. The minimum atomic E-state index is -0.996. The topological polar surface area (TPSA) is 141 Å². The van der Waals surface area contributed by atoms with Crippen molar-refractivity contribution in [1.82, 2.24) is 19.9 Å². The highest BCUT2D eigenvalue weighted by molar-refractivity contribution is 5.93. The van der Waals surface area contributed by atoms with Gasteiger partial charge in [0.05, 0.1) is 28.8 Å². The summed E-state index contributed by atoms with van der Waals surface area (Å²) in [5, 5.41) is 28.4. The molecule has 1 aromatic carbocycles. The molecule has 2 aliphatic heterocycles. The van der Waals surface area contributed by atoms with Gasteiger partial charge in [-0.1, -0.05) is 11.3 Å². The molecular weight excluding hydrogens is 370 g/mol. The van der Waals surface area contributed by atoms with Crippen LogP contribution in [0, 0.1) is 21.4 Å². The molecule has 0 spiro atoms. The van der Waals surface area contributed by atoms with Gasteiger partial charge in [0.15, 0.2) is 5.69 Å². The number of benzene rings is 1. The maximum absolute atomic E-state index is 12.8. The predicted octanol–water partition coefficient (Wildman–Crippen LogP) is 0.739. The van der Waals surface area contributed by atoms with E-state index in [4.69, 9.17) is 4.74 Å². The molecule has 1 N–H and O–H groups in total. The molecule has 0 aliphatic carbocycles. The Morgan fingerprint density at radius 3 is 2.93 bits per heavy atom. The Bertz CT molecular complexity index is 959. The third-order valence-corrected chi connectivity index (χ3v) is 5.44. The Kier molecular flexibility index (Phi) is 4.30. The van der Waals surface area contributed by atoms with Crippen LogP contribution < -0.4 is 0 Å². The first-order chi connectivity index (χ1) is 13.4. The van der Waals surface area contributed by atoms with E-state index in [0.29, 0.717) is 25.3 Å². The Balaban J connectivity index is 1.56. The van der Waals surface area contributed by atoms with Crippen molar-refractivity contribution in [2.45, 2.75) is 6.42 Å². The van der Waals surface area contributed by atoms with Crippen molar-refractivity contribution in [3.05, 3.63) is 46.3 Å². The van der Waals surface area contributed by atoms with Crippen LogP contribution in [0.2, 0.25) is 0 Å². The van der Waals surface area contributed by atoms with Gasteiger partial charge in [0.2, 0.25) is 0 Å². The van der Waals surface area contributed by atoms with Gasteiger partial charge in [0.25, 0.3) is 11.6 Å². The zero-order valence-electron chi connectivity index (χ0n) is 14.7. The van der Waals surface area contributed by atoms with E-state index in [1.54, 1.807) is 6.07 Å². The predicted molar refractivity (Wildman–Crippen MR) is 92.9 cm³/mol. The molecule has 0 unspecified atom stereocenters. The lowest BCUT2D eigenvalue weighted by Gasteiger charge is -2.33. The van der Waals surface area contributed by atoms with Crippen LogP contribution in [0.1, 0.15) is 16.9 Å². The zero-order valence-corrected chi connectivity index (χ0v) is 14.7. The number of fused-ring (bicyclic) bond motifs is 1. The number of carboxylic acid groups (broad SMARTS) is 1. The fraction of sp³-hybridized carbons (Fsp3) is 0.412. The molecule has 146 valence electrons. The van der Waals surface area contributed by atoms with Crippen molar-refractivity contribution in [2.75, 3.05) is 26.3 Å². The number of amides is 1. The SMILES string of the molecule is O=C(c1cn(-c2cccc([N+](=O)[O-])c2)nn1)N1C[C@H]2COCC[C@@]2(C(=O)O)C1. The second kappa shape index (κ2) is 6.68. The number of aliphatic carboxylic acids is 1. The minimum absolute atomic E-state index is 0.0478. The lowest BCUT2D eigenvalue weighted by atomic mass is 9.74. The van der Waals surface area contributed by atoms with Crippen LogP contribution in [0.4, 0.5) is 5.69 Å². The summed E-state index contributed by atoms with van der Waals surface area (Å²) in [6.45, 7) is 1.03. The van der Waals surface area contributed by atoms with Crippen molar-refractivity contribution >= 4 is 17.6 Å². The van der Waals surface area contributed by atoms with Gasteiger partial charge in [-0.25, -0.2) is 4.68 Å². The van der Waals surface area contributed by atoms with E-state index in [2.05, 4.69) is 10.3 Å². The molecule has 0 saturated carbocycles. The van der Waals surface area contributed by atoms with Gasteiger partial charge in [-0.15, -0.1) is 5.10 Å².